The van der Waals surface area contributed by atoms with E-state index < -0.39 is 44.3 Å². The summed E-state index contributed by atoms with van der Waals surface area (Å²) >= 11 is 0. The van der Waals surface area contributed by atoms with E-state index in [1.54, 1.807) is 12.4 Å². The number of ether oxygens (including phenoxy) is 3. The Labute approximate surface area is 254 Å². The van der Waals surface area contributed by atoms with Gasteiger partial charge in [-0.1, -0.05) is 6.92 Å². The highest BCUT2D eigenvalue weighted by atomic mass is 32.2. The molecule has 0 aliphatic heterocycles. The van der Waals surface area contributed by atoms with Crippen LogP contribution in [-0.2, 0) is 25.7 Å². The minimum absolute atomic E-state index is 0.0166. The van der Waals surface area contributed by atoms with Gasteiger partial charge in [-0.05, 0) is 54.0 Å². The minimum Gasteiger partial charge on any atom is -0.491 e. The first kappa shape index (κ1) is 33.5. The van der Waals surface area contributed by atoms with Crippen LogP contribution in [0.3, 0.4) is 0 Å². The Morgan fingerprint density at radius 1 is 1.05 bits per heavy atom. The quantitative estimate of drug-likeness (QED) is 0.216. The molecular formula is C31H36F3N3O6S. The van der Waals surface area contributed by atoms with E-state index in [2.05, 4.69) is 9.97 Å². The molecule has 0 saturated heterocycles. The van der Waals surface area contributed by atoms with Crippen molar-refractivity contribution in [1.82, 2.24) is 9.97 Å². The molecule has 2 heterocycles. The molecule has 13 heteroatoms. The summed E-state index contributed by atoms with van der Waals surface area (Å²) in [5.74, 6) is -3.86. The van der Waals surface area contributed by atoms with E-state index in [4.69, 9.17) is 19.9 Å². The van der Waals surface area contributed by atoms with E-state index in [1.165, 1.54) is 13.2 Å². The number of carbonyl (C=O) groups is 1. The van der Waals surface area contributed by atoms with Gasteiger partial charge in [-0.15, -0.1) is 0 Å². The topological polar surface area (TPSA) is 131 Å². The number of sulfone groups is 1. The van der Waals surface area contributed by atoms with Gasteiger partial charge in [0.25, 0.3) is 0 Å². The number of nitrogens with zero attached hydrogens (tertiary/aromatic N) is 2. The Morgan fingerprint density at radius 2 is 1.77 bits per heavy atom. The molecule has 1 aliphatic carbocycles. The summed E-state index contributed by atoms with van der Waals surface area (Å²) in [7, 11) is -1.71. The van der Waals surface area contributed by atoms with E-state index in [0.29, 0.717) is 18.4 Å². The summed E-state index contributed by atoms with van der Waals surface area (Å²) in [6.45, 7) is 2.32. The Bertz CT molecular complexity index is 1550. The van der Waals surface area contributed by atoms with Gasteiger partial charge in [-0.3, -0.25) is 9.78 Å². The number of hydrogen-bond donors (Lipinski definition) is 1. The maximum absolute atomic E-state index is 14.9. The first-order valence-electron chi connectivity index (χ1n) is 14.2. The number of halogens is 3. The maximum atomic E-state index is 14.9. The van der Waals surface area contributed by atoms with Crippen molar-refractivity contribution in [2.45, 2.75) is 44.2 Å². The van der Waals surface area contributed by atoms with Crippen LogP contribution in [0.25, 0.3) is 11.3 Å². The summed E-state index contributed by atoms with van der Waals surface area (Å²) in [6, 6.07) is 5.43. The van der Waals surface area contributed by atoms with E-state index in [0.717, 1.165) is 30.0 Å². The fraction of sp³-hybridized carbons (Fsp3) is 0.452. The highest BCUT2D eigenvalue weighted by Crippen LogP contribution is 2.38. The third-order valence-electron chi connectivity index (χ3n) is 7.63. The van der Waals surface area contributed by atoms with Gasteiger partial charge in [0.2, 0.25) is 0 Å². The number of ketones is 1. The molecule has 238 valence electrons. The number of methoxy groups -OCH3 is 1. The summed E-state index contributed by atoms with van der Waals surface area (Å²) in [5.41, 5.74) is 6.45. The number of rotatable bonds is 13. The molecule has 0 radical (unpaired) electrons. The van der Waals surface area contributed by atoms with Crippen LogP contribution in [0, 0.1) is 23.4 Å². The van der Waals surface area contributed by atoms with Gasteiger partial charge in [0.05, 0.1) is 30.6 Å². The van der Waals surface area contributed by atoms with Crippen LogP contribution in [0.4, 0.5) is 13.2 Å². The summed E-state index contributed by atoms with van der Waals surface area (Å²) < 4.78 is 83.6. The van der Waals surface area contributed by atoms with Crippen molar-refractivity contribution in [2.75, 3.05) is 38.9 Å². The molecule has 0 amide bonds. The van der Waals surface area contributed by atoms with Gasteiger partial charge in [0.15, 0.2) is 5.78 Å². The molecule has 44 heavy (non-hydrogen) atoms. The smallest absolute Gasteiger partial charge is 0.185 e. The first-order valence-corrected chi connectivity index (χ1v) is 16.2. The fourth-order valence-corrected chi connectivity index (χ4v) is 5.96. The highest BCUT2D eigenvalue weighted by molar-refractivity contribution is 7.90. The average molecular weight is 636 g/mol. The number of pyridine rings is 2. The van der Waals surface area contributed by atoms with Crippen molar-refractivity contribution in [2.24, 2.45) is 11.7 Å². The molecule has 1 aliphatic rings. The standard InChI is InChI=1S/C31H36F3N3O6S/c1-18-12-19(13-26(35)31(18)43-10-11-44(3,39)40)22-6-7-36-17-20(22)14-28(38)27-5-4-23(32)30(37-27)29-24(33)15-21(16-25(29)34)42-9-8-41-2/h4-7,15-19,26,31H,8-14,35H2,1-3H3/t18-,19+,26+,31-/m0/s1. The number of hydrogen-bond acceptors (Lipinski definition) is 9. The molecule has 4 rings (SSSR count). The molecule has 4 atom stereocenters. The maximum Gasteiger partial charge on any atom is 0.185 e. The van der Waals surface area contributed by atoms with Crippen molar-refractivity contribution in [3.63, 3.8) is 0 Å². The highest BCUT2D eigenvalue weighted by Gasteiger charge is 2.36. The molecule has 1 saturated carbocycles. The summed E-state index contributed by atoms with van der Waals surface area (Å²) in [5, 5.41) is 0. The lowest BCUT2D eigenvalue weighted by Crippen LogP contribution is -2.47. The lowest BCUT2D eigenvalue weighted by Gasteiger charge is -2.39. The Morgan fingerprint density at radius 3 is 2.43 bits per heavy atom. The monoisotopic (exact) mass is 635 g/mol. The van der Waals surface area contributed by atoms with E-state index >= 15 is 0 Å². The number of carbonyl (C=O) groups excluding carboxylic acids is 1. The largest absolute Gasteiger partial charge is 0.491 e. The van der Waals surface area contributed by atoms with Gasteiger partial charge >= 0.3 is 0 Å². The van der Waals surface area contributed by atoms with Crippen LogP contribution < -0.4 is 10.5 Å². The lowest BCUT2D eigenvalue weighted by atomic mass is 9.73. The van der Waals surface area contributed by atoms with Crippen molar-refractivity contribution in [1.29, 1.82) is 0 Å². The van der Waals surface area contributed by atoms with Crippen molar-refractivity contribution < 1.29 is 40.6 Å². The van der Waals surface area contributed by atoms with Crippen molar-refractivity contribution in [3.8, 4) is 17.0 Å². The zero-order valence-corrected chi connectivity index (χ0v) is 25.6. The third-order valence-corrected chi connectivity index (χ3v) is 8.54. The molecule has 3 aromatic rings. The van der Waals surface area contributed by atoms with Crippen LogP contribution in [-0.4, -0.2) is 75.3 Å². The van der Waals surface area contributed by atoms with E-state index in [1.807, 2.05) is 13.0 Å². The minimum atomic E-state index is -3.16. The summed E-state index contributed by atoms with van der Waals surface area (Å²) in [6.07, 6.45) is 5.13. The second-order valence-electron chi connectivity index (χ2n) is 11.1. The van der Waals surface area contributed by atoms with Gasteiger partial charge in [-0.2, -0.15) is 0 Å². The zero-order chi connectivity index (χ0) is 32.0. The lowest BCUT2D eigenvalue weighted by molar-refractivity contribution is -0.0154. The van der Waals surface area contributed by atoms with Crippen molar-refractivity contribution in [3.05, 3.63) is 77.0 Å². The van der Waals surface area contributed by atoms with Crippen LogP contribution in [0.15, 0.2) is 42.7 Å². The third kappa shape index (κ3) is 8.40. The van der Waals surface area contributed by atoms with E-state index in [-0.39, 0.29) is 67.4 Å². The van der Waals surface area contributed by atoms with Crippen LogP contribution in [0.2, 0.25) is 0 Å². The normalized spacial score (nSPS) is 20.4. The number of benzene rings is 1. The zero-order valence-electron chi connectivity index (χ0n) is 24.8. The molecule has 0 spiro atoms. The van der Waals surface area contributed by atoms with Crippen LogP contribution in [0.1, 0.15) is 47.3 Å². The first-order chi connectivity index (χ1) is 20.9. The molecule has 9 nitrogen and oxygen atoms in total. The number of nitrogens with two attached hydrogens (primary N) is 1. The second-order valence-corrected chi connectivity index (χ2v) is 13.3. The Kier molecular flexibility index (Phi) is 11.1. The molecular weight excluding hydrogens is 599 g/mol. The van der Waals surface area contributed by atoms with Gasteiger partial charge in [-0.25, -0.2) is 26.6 Å². The van der Waals surface area contributed by atoms with Gasteiger partial charge in [0, 0.05) is 50.4 Å². The Hall–Kier alpha value is -3.39. The summed E-state index contributed by atoms with van der Waals surface area (Å²) in [4.78, 5) is 21.6. The molecule has 0 bridgehead atoms. The number of aromatic nitrogens is 2. The molecule has 2 N–H and O–H groups in total. The van der Waals surface area contributed by atoms with Crippen LogP contribution in [0.5, 0.6) is 5.75 Å². The molecule has 1 fully saturated rings. The average Bonchev–Trinajstić information content (AvgIpc) is 2.95. The van der Waals surface area contributed by atoms with Crippen LogP contribution >= 0.6 is 0 Å². The predicted octanol–water partition coefficient (Wildman–Crippen LogP) is 4.28. The van der Waals surface area contributed by atoms with Gasteiger partial charge < -0.3 is 19.9 Å². The van der Waals surface area contributed by atoms with Gasteiger partial charge in [0.1, 0.15) is 51.0 Å². The van der Waals surface area contributed by atoms with Crippen molar-refractivity contribution >= 4 is 15.6 Å². The molecule has 1 aromatic carbocycles. The Balaban J connectivity index is 1.51. The second kappa shape index (κ2) is 14.6. The number of Topliss-reactive ketones (excluding diaryl/α,β-unsaturated/α-hetero) is 1. The molecule has 2 aromatic heterocycles. The van der Waals surface area contributed by atoms with E-state index in [9.17, 15) is 26.4 Å². The predicted molar refractivity (Wildman–Crippen MR) is 158 cm³/mol. The SMILES string of the molecule is COCCOc1cc(F)c(-c2nc(C(=O)Cc3cnccc3[C@H]3C[C@@H](N)[C@@H](OCCS(C)(=O)=O)[C@@H](C)C3)ccc2F)c(F)c1. The molecule has 0 unspecified atom stereocenters. The fourth-order valence-electron chi connectivity index (χ4n) is 5.56.